The first-order chi connectivity index (χ1) is 11.6. The van der Waals surface area contributed by atoms with Crippen LogP contribution in [0, 0.1) is 5.92 Å². The number of imidazole rings is 1. The fourth-order valence-electron chi connectivity index (χ4n) is 3.46. The molecule has 1 aliphatic heterocycles. The molecule has 1 unspecified atom stereocenters. The molecule has 2 N–H and O–H groups in total. The predicted molar refractivity (Wildman–Crippen MR) is 93.9 cm³/mol. The number of aliphatic hydroxyl groups excluding tert-OH is 1. The number of nitrogens with zero attached hydrogens (tertiary/aromatic N) is 3. The lowest BCUT2D eigenvalue weighted by molar-refractivity contribution is 0.0385. The van der Waals surface area contributed by atoms with Crippen molar-refractivity contribution in [3.8, 4) is 0 Å². The summed E-state index contributed by atoms with van der Waals surface area (Å²) in [5.41, 5.74) is 2.43. The number of fused-ring (bicyclic) bond motifs is 1. The van der Waals surface area contributed by atoms with Crippen LogP contribution in [0.2, 0.25) is 0 Å². The molecule has 0 aliphatic carbocycles. The standard InChI is InChI=1S/C18H26N4O2/c1-13(2)10-21-6-7-22(11-15(21)5-8-23)18(24)14-3-4-16-17(9-14)20-12-19-16/h3-4,9,12-13,15,23H,5-8,10-11H2,1-2H3,(H,19,20). The van der Waals surface area contributed by atoms with Crippen molar-refractivity contribution in [2.75, 3.05) is 32.8 Å². The number of aromatic nitrogens is 2. The van der Waals surface area contributed by atoms with Gasteiger partial charge in [0.15, 0.2) is 0 Å². The molecule has 1 amide bonds. The molecule has 2 heterocycles. The van der Waals surface area contributed by atoms with Crippen LogP contribution in [0.3, 0.4) is 0 Å². The molecule has 0 spiro atoms. The molecule has 1 fully saturated rings. The number of hydrogen-bond acceptors (Lipinski definition) is 4. The summed E-state index contributed by atoms with van der Waals surface area (Å²) in [5, 5.41) is 9.37. The molecule has 1 saturated heterocycles. The smallest absolute Gasteiger partial charge is 0.254 e. The molecule has 0 bridgehead atoms. The first-order valence-corrected chi connectivity index (χ1v) is 8.66. The summed E-state index contributed by atoms with van der Waals surface area (Å²) in [6.07, 6.45) is 2.34. The number of nitrogens with one attached hydrogen (secondary N) is 1. The first kappa shape index (κ1) is 16.9. The van der Waals surface area contributed by atoms with Gasteiger partial charge in [-0.3, -0.25) is 9.69 Å². The van der Waals surface area contributed by atoms with E-state index in [2.05, 4.69) is 28.7 Å². The van der Waals surface area contributed by atoms with Crippen LogP contribution in [-0.2, 0) is 0 Å². The Labute approximate surface area is 142 Å². The van der Waals surface area contributed by atoms with Crippen LogP contribution in [0.5, 0.6) is 0 Å². The molecule has 1 aliphatic rings. The van der Waals surface area contributed by atoms with Gasteiger partial charge in [-0.2, -0.15) is 0 Å². The number of piperazine rings is 1. The Kier molecular flexibility index (Phi) is 5.16. The summed E-state index contributed by atoms with van der Waals surface area (Å²) < 4.78 is 0. The molecular weight excluding hydrogens is 304 g/mol. The summed E-state index contributed by atoms with van der Waals surface area (Å²) >= 11 is 0. The van der Waals surface area contributed by atoms with E-state index in [1.807, 2.05) is 23.1 Å². The van der Waals surface area contributed by atoms with Gasteiger partial charge in [0.25, 0.3) is 5.91 Å². The van der Waals surface area contributed by atoms with Gasteiger partial charge >= 0.3 is 0 Å². The van der Waals surface area contributed by atoms with Crippen LogP contribution in [0.4, 0.5) is 0 Å². The Morgan fingerprint density at radius 1 is 1.42 bits per heavy atom. The Balaban J connectivity index is 1.73. The van der Waals surface area contributed by atoms with Crippen molar-refractivity contribution >= 4 is 16.9 Å². The Morgan fingerprint density at radius 2 is 2.25 bits per heavy atom. The van der Waals surface area contributed by atoms with E-state index in [9.17, 15) is 9.90 Å². The third-order valence-corrected chi connectivity index (χ3v) is 4.62. The van der Waals surface area contributed by atoms with Crippen molar-refractivity contribution in [2.24, 2.45) is 5.92 Å². The highest BCUT2D eigenvalue weighted by atomic mass is 16.3. The maximum absolute atomic E-state index is 12.9. The molecule has 2 aromatic rings. The van der Waals surface area contributed by atoms with E-state index >= 15 is 0 Å². The maximum atomic E-state index is 12.9. The first-order valence-electron chi connectivity index (χ1n) is 8.66. The van der Waals surface area contributed by atoms with Gasteiger partial charge in [-0.15, -0.1) is 0 Å². The van der Waals surface area contributed by atoms with Gasteiger partial charge in [0.05, 0.1) is 17.4 Å². The van der Waals surface area contributed by atoms with Crippen molar-refractivity contribution in [1.82, 2.24) is 19.8 Å². The fourth-order valence-corrected chi connectivity index (χ4v) is 3.46. The Hall–Kier alpha value is -1.92. The second-order valence-electron chi connectivity index (χ2n) is 6.94. The number of rotatable bonds is 5. The van der Waals surface area contributed by atoms with E-state index in [4.69, 9.17) is 0 Å². The third kappa shape index (κ3) is 3.60. The van der Waals surface area contributed by atoms with E-state index in [1.54, 1.807) is 6.33 Å². The van der Waals surface area contributed by atoms with Crippen LogP contribution >= 0.6 is 0 Å². The maximum Gasteiger partial charge on any atom is 0.254 e. The number of hydrogen-bond donors (Lipinski definition) is 2. The zero-order valence-electron chi connectivity index (χ0n) is 14.4. The number of aliphatic hydroxyl groups is 1. The highest BCUT2D eigenvalue weighted by Crippen LogP contribution is 2.19. The molecule has 3 rings (SSSR count). The van der Waals surface area contributed by atoms with E-state index < -0.39 is 0 Å². The fraction of sp³-hybridized carbons (Fsp3) is 0.556. The van der Waals surface area contributed by atoms with Gasteiger partial charge in [0.2, 0.25) is 0 Å². The lowest BCUT2D eigenvalue weighted by Gasteiger charge is -2.42. The molecule has 24 heavy (non-hydrogen) atoms. The quantitative estimate of drug-likeness (QED) is 0.876. The molecular formula is C18H26N4O2. The normalized spacial score (nSPS) is 19.3. The third-order valence-electron chi connectivity index (χ3n) is 4.62. The molecule has 1 atom stereocenters. The van der Waals surface area contributed by atoms with Crippen LogP contribution < -0.4 is 0 Å². The second-order valence-corrected chi connectivity index (χ2v) is 6.94. The zero-order valence-corrected chi connectivity index (χ0v) is 14.4. The van der Waals surface area contributed by atoms with Gasteiger partial charge in [-0.25, -0.2) is 4.98 Å². The SMILES string of the molecule is CC(C)CN1CCN(C(=O)c2ccc3nc[nH]c3c2)CC1CCO. The molecule has 1 aromatic heterocycles. The van der Waals surface area contributed by atoms with E-state index in [0.717, 1.165) is 30.7 Å². The minimum atomic E-state index is 0.0543. The number of benzene rings is 1. The summed E-state index contributed by atoms with van der Waals surface area (Å²) in [6, 6.07) is 5.81. The monoisotopic (exact) mass is 330 g/mol. The van der Waals surface area contributed by atoms with Crippen molar-refractivity contribution in [3.05, 3.63) is 30.1 Å². The van der Waals surface area contributed by atoms with Gasteiger partial charge < -0.3 is 15.0 Å². The zero-order chi connectivity index (χ0) is 17.1. The molecule has 6 heteroatoms. The number of amides is 1. The lowest BCUT2D eigenvalue weighted by Crippen LogP contribution is -2.55. The van der Waals surface area contributed by atoms with Crippen LogP contribution in [0.1, 0.15) is 30.6 Å². The van der Waals surface area contributed by atoms with Crippen LogP contribution in [0.15, 0.2) is 24.5 Å². The van der Waals surface area contributed by atoms with Gasteiger partial charge in [-0.1, -0.05) is 13.8 Å². The highest BCUT2D eigenvalue weighted by Gasteiger charge is 2.29. The van der Waals surface area contributed by atoms with Gasteiger partial charge in [0, 0.05) is 44.4 Å². The van der Waals surface area contributed by atoms with Crippen molar-refractivity contribution < 1.29 is 9.90 Å². The molecule has 6 nitrogen and oxygen atoms in total. The number of aromatic amines is 1. The van der Waals surface area contributed by atoms with Gasteiger partial charge in [0.1, 0.15) is 0 Å². The van der Waals surface area contributed by atoms with Crippen molar-refractivity contribution in [2.45, 2.75) is 26.3 Å². The summed E-state index contributed by atoms with van der Waals surface area (Å²) in [6.45, 7) is 7.83. The second kappa shape index (κ2) is 7.32. The average Bonchev–Trinajstić information content (AvgIpc) is 3.03. The summed E-state index contributed by atoms with van der Waals surface area (Å²) in [4.78, 5) is 24.4. The molecule has 1 aromatic carbocycles. The summed E-state index contributed by atoms with van der Waals surface area (Å²) in [7, 11) is 0. The number of carbonyl (C=O) groups excluding carboxylic acids is 1. The van der Waals surface area contributed by atoms with Crippen LogP contribution in [-0.4, -0.2) is 69.6 Å². The molecule has 0 saturated carbocycles. The van der Waals surface area contributed by atoms with E-state index in [-0.39, 0.29) is 18.6 Å². The van der Waals surface area contributed by atoms with E-state index in [0.29, 0.717) is 24.4 Å². The van der Waals surface area contributed by atoms with Gasteiger partial charge in [-0.05, 0) is 30.5 Å². The minimum Gasteiger partial charge on any atom is -0.396 e. The number of H-pyrrole nitrogens is 1. The Morgan fingerprint density at radius 3 is 3.00 bits per heavy atom. The number of carbonyl (C=O) groups is 1. The van der Waals surface area contributed by atoms with Crippen molar-refractivity contribution in [1.29, 1.82) is 0 Å². The lowest BCUT2D eigenvalue weighted by atomic mass is 10.0. The summed E-state index contributed by atoms with van der Waals surface area (Å²) in [5.74, 6) is 0.634. The van der Waals surface area contributed by atoms with Crippen molar-refractivity contribution in [3.63, 3.8) is 0 Å². The Bertz CT molecular complexity index is 697. The topological polar surface area (TPSA) is 72.5 Å². The largest absolute Gasteiger partial charge is 0.396 e. The minimum absolute atomic E-state index is 0.0543. The highest BCUT2D eigenvalue weighted by molar-refractivity contribution is 5.97. The molecule has 0 radical (unpaired) electrons. The average molecular weight is 330 g/mol. The van der Waals surface area contributed by atoms with Crippen LogP contribution in [0.25, 0.3) is 11.0 Å². The predicted octanol–water partition coefficient (Wildman–Crippen LogP) is 1.73. The van der Waals surface area contributed by atoms with E-state index in [1.165, 1.54) is 0 Å². The molecule has 130 valence electrons.